The third-order valence-electron chi connectivity index (χ3n) is 17.0. The number of hydrogen-bond acceptors (Lipinski definition) is 7. The van der Waals surface area contributed by atoms with Crippen molar-refractivity contribution in [1.82, 2.24) is 47.8 Å². The topological polar surface area (TPSA) is 115 Å². The lowest BCUT2D eigenvalue weighted by Crippen LogP contribution is -2.36. The lowest BCUT2D eigenvalue weighted by molar-refractivity contribution is 0.111. The van der Waals surface area contributed by atoms with Gasteiger partial charge in [0, 0.05) is 55.8 Å². The number of rotatable bonds is 17. The Balaban J connectivity index is 0.000000125. The first kappa shape index (κ1) is 65.2. The van der Waals surface area contributed by atoms with Gasteiger partial charge in [0.2, 0.25) is 0 Å². The smallest absolute Gasteiger partial charge is 0.169 e. The number of aromatic nitrogens is 10. The molecule has 15 rings (SSSR count). The van der Waals surface area contributed by atoms with Crippen LogP contribution in [0.15, 0.2) is 385 Å². The summed E-state index contributed by atoms with van der Waals surface area (Å²) in [4.78, 5) is 32.1. The molecule has 15 aromatic rings. The van der Waals surface area contributed by atoms with Crippen LogP contribution in [0, 0.1) is 0 Å². The van der Waals surface area contributed by atoms with Crippen molar-refractivity contribution < 1.29 is 9.53 Å². The molecular weight excluding hydrogens is 1180 g/mol. The van der Waals surface area contributed by atoms with E-state index in [1.807, 2.05) is 152 Å². The summed E-state index contributed by atoms with van der Waals surface area (Å²) in [5.74, 6) is 0.886. The molecular formula is C84H76N10O2. The summed E-state index contributed by atoms with van der Waals surface area (Å²) in [6.07, 6.45) is 27.0. The molecule has 10 aromatic carbocycles. The molecule has 0 amide bonds. The van der Waals surface area contributed by atoms with Crippen LogP contribution in [0.5, 0.6) is 5.75 Å². The maximum Gasteiger partial charge on any atom is 0.169 e. The minimum absolute atomic E-state index is 0.190. The number of hydrogen-bond donors (Lipinski definition) is 0. The molecule has 0 aliphatic rings. The molecule has 96 heavy (non-hydrogen) atoms. The van der Waals surface area contributed by atoms with Crippen LogP contribution < -0.4 is 4.74 Å². The minimum atomic E-state index is -0.613. The number of methoxy groups -OCH3 is 1. The summed E-state index contributed by atoms with van der Waals surface area (Å²) in [5, 5.41) is 0. The van der Waals surface area contributed by atoms with Crippen LogP contribution in [0.25, 0.3) is 0 Å². The lowest BCUT2D eigenvalue weighted by Gasteiger charge is -2.37. The third kappa shape index (κ3) is 15.3. The first-order chi connectivity index (χ1) is 47.4. The molecule has 5 aromatic heterocycles. The fourth-order valence-electron chi connectivity index (χ4n) is 12.2. The van der Waals surface area contributed by atoms with Crippen molar-refractivity contribution in [3.8, 4) is 5.75 Å². The van der Waals surface area contributed by atoms with Crippen LogP contribution in [0.1, 0.15) is 98.1 Å². The predicted octanol–water partition coefficient (Wildman–Crippen LogP) is 17.8. The molecule has 0 N–H and O–H groups in total. The molecule has 5 heterocycles. The quantitative estimate of drug-likeness (QED) is 0.0659. The molecule has 12 nitrogen and oxygen atoms in total. The Morgan fingerprint density at radius 1 is 0.333 bits per heavy atom. The largest absolute Gasteiger partial charge is 0.497 e. The molecule has 474 valence electrons. The van der Waals surface area contributed by atoms with E-state index in [1.165, 1.54) is 38.9 Å². The van der Waals surface area contributed by atoms with Crippen LogP contribution in [0.2, 0.25) is 0 Å². The average Bonchev–Trinajstić information content (AvgIpc) is 1.16. The molecule has 12 heteroatoms. The number of carbonyl (C=O) groups excluding carboxylic acids is 1. The highest BCUT2D eigenvalue weighted by Gasteiger charge is 2.39. The minimum Gasteiger partial charge on any atom is -0.497 e. The van der Waals surface area contributed by atoms with Crippen LogP contribution in [-0.4, -0.2) is 61.2 Å². The van der Waals surface area contributed by atoms with Gasteiger partial charge < -0.3 is 27.6 Å². The number of imidazole rings is 5. The summed E-state index contributed by atoms with van der Waals surface area (Å²) in [5.41, 5.74) is 11.4. The van der Waals surface area contributed by atoms with Crippen molar-refractivity contribution in [1.29, 1.82) is 0 Å². The van der Waals surface area contributed by atoms with Gasteiger partial charge in [-0.2, -0.15) is 0 Å². The number of nitrogens with zero attached hydrogens (tertiary/aromatic N) is 10. The van der Waals surface area contributed by atoms with Gasteiger partial charge >= 0.3 is 0 Å². The monoisotopic (exact) mass is 1260 g/mol. The second-order valence-corrected chi connectivity index (χ2v) is 22.7. The zero-order chi connectivity index (χ0) is 66.0. The number of aldehydes is 1. The SMILES string of the molecule is CC(c1ccccc1)n1ccnc1.COc1ccc(C(C)n2ccnc2)cc1.O=Cc1cn(C(c2ccccc2)(c2ccccc2)c2ccccc2)cn1.c1ccc(C(c2ccccc2)(c2ccccc2)n2ccnc2)cc1.c1ccc(C(c2ccccc2)n2ccnc2)cc1. The molecule has 0 fully saturated rings. The van der Waals surface area contributed by atoms with Gasteiger partial charge in [-0.1, -0.05) is 285 Å². The molecule has 0 saturated heterocycles. The number of carbonyl (C=O) groups is 1. The highest BCUT2D eigenvalue weighted by molar-refractivity contribution is 5.71. The maximum absolute atomic E-state index is 11.3. The van der Waals surface area contributed by atoms with Gasteiger partial charge in [0.1, 0.15) is 22.5 Å². The van der Waals surface area contributed by atoms with Gasteiger partial charge in [0.05, 0.1) is 56.9 Å². The Morgan fingerprint density at radius 2 is 0.635 bits per heavy atom. The lowest BCUT2D eigenvalue weighted by atomic mass is 9.77. The third-order valence-corrected chi connectivity index (χ3v) is 17.0. The van der Waals surface area contributed by atoms with Crippen LogP contribution in [0.3, 0.4) is 0 Å². The van der Waals surface area contributed by atoms with Gasteiger partial charge in [-0.25, -0.2) is 24.9 Å². The van der Waals surface area contributed by atoms with Crippen molar-refractivity contribution in [3.63, 3.8) is 0 Å². The molecule has 0 radical (unpaired) electrons. The van der Waals surface area contributed by atoms with E-state index in [4.69, 9.17) is 4.74 Å². The number of benzene rings is 10. The molecule has 0 aliphatic carbocycles. The van der Waals surface area contributed by atoms with Gasteiger partial charge in [-0.15, -0.1) is 0 Å². The molecule has 0 saturated carbocycles. The highest BCUT2D eigenvalue weighted by Crippen LogP contribution is 2.42. The van der Waals surface area contributed by atoms with E-state index >= 15 is 0 Å². The first-order valence-corrected chi connectivity index (χ1v) is 31.9. The van der Waals surface area contributed by atoms with E-state index in [9.17, 15) is 4.79 Å². The summed E-state index contributed by atoms with van der Waals surface area (Å²) < 4.78 is 15.6. The summed E-state index contributed by atoms with van der Waals surface area (Å²) >= 11 is 0. The fourth-order valence-corrected chi connectivity index (χ4v) is 12.2. The van der Waals surface area contributed by atoms with Crippen LogP contribution in [-0.2, 0) is 11.1 Å². The summed E-state index contributed by atoms with van der Waals surface area (Å²) in [6, 6.07) is 103. The van der Waals surface area contributed by atoms with Gasteiger partial charge in [-0.05, 0) is 81.6 Å². The van der Waals surface area contributed by atoms with Crippen molar-refractivity contribution in [2.45, 2.75) is 43.1 Å². The van der Waals surface area contributed by atoms with Crippen molar-refractivity contribution >= 4 is 6.29 Å². The van der Waals surface area contributed by atoms with E-state index in [1.54, 1.807) is 32.0 Å². The van der Waals surface area contributed by atoms with E-state index in [0.717, 1.165) is 28.7 Å². The second-order valence-electron chi connectivity index (χ2n) is 22.7. The Kier molecular flexibility index (Phi) is 22.3. The van der Waals surface area contributed by atoms with Gasteiger partial charge in [-0.3, -0.25) is 4.79 Å². The van der Waals surface area contributed by atoms with Crippen molar-refractivity contribution in [2.75, 3.05) is 7.11 Å². The van der Waals surface area contributed by atoms with E-state index in [0.29, 0.717) is 17.8 Å². The van der Waals surface area contributed by atoms with Crippen molar-refractivity contribution in [2.24, 2.45) is 0 Å². The van der Waals surface area contributed by atoms with E-state index in [-0.39, 0.29) is 6.04 Å². The zero-order valence-corrected chi connectivity index (χ0v) is 54.0. The summed E-state index contributed by atoms with van der Waals surface area (Å²) in [7, 11) is 1.67. The van der Waals surface area contributed by atoms with E-state index < -0.39 is 11.1 Å². The zero-order valence-electron chi connectivity index (χ0n) is 54.0. The Morgan fingerprint density at radius 3 is 0.938 bits per heavy atom. The van der Waals surface area contributed by atoms with Gasteiger partial charge in [0.25, 0.3) is 0 Å². The van der Waals surface area contributed by atoms with Crippen LogP contribution >= 0.6 is 0 Å². The van der Waals surface area contributed by atoms with Crippen molar-refractivity contribution in [3.05, 3.63) is 446 Å². The summed E-state index contributed by atoms with van der Waals surface area (Å²) in [6.45, 7) is 4.31. The normalized spacial score (nSPS) is 11.5. The van der Waals surface area contributed by atoms with E-state index in [2.05, 4.69) is 269 Å². The first-order valence-electron chi connectivity index (χ1n) is 31.9. The Labute approximate surface area is 562 Å². The molecule has 0 aliphatic heterocycles. The molecule has 0 bridgehead atoms. The fraction of sp³-hybridized carbons (Fsp3) is 0.0952. The Hall–Kier alpha value is -12.3. The predicted molar refractivity (Wildman–Crippen MR) is 383 cm³/mol. The number of ether oxygens (including phenoxy) is 1. The molecule has 2 atom stereocenters. The molecule has 0 spiro atoms. The van der Waals surface area contributed by atoms with Crippen LogP contribution in [0.4, 0.5) is 0 Å². The second kappa shape index (κ2) is 32.8. The average molecular weight is 1260 g/mol. The maximum atomic E-state index is 11.3. The molecule has 2 unspecified atom stereocenters. The standard InChI is InChI=1S/C23H18N2O.C22H18N2.C16H14N2.C12H14N2O.C11H12N2/c26-17-22-16-25(18-24-22)23(19-10-4-1-5-11-19,20-12-6-2-7-13-20)21-14-8-3-9-15-21;1-4-10-19(11-5-1)22(24-17-16-23-18-24,20-12-6-2-7-13-20)21-14-8-3-9-15-21;1-3-7-14(8-4-1)16(18-12-11-17-13-18)15-9-5-2-6-10-15;1-10(14-8-7-13-9-14)11-3-5-12(15-2)6-4-11;1-10(13-8-7-12-9-13)11-5-3-2-4-6-11/h1-18H;1-18H;1-13,16H;3-10H,1-2H3;2-10H,1H3. The van der Waals surface area contributed by atoms with Gasteiger partial charge in [0.15, 0.2) is 6.29 Å². The highest BCUT2D eigenvalue weighted by atomic mass is 16.5. The Bertz CT molecular complexity index is 4330.